The van der Waals surface area contributed by atoms with Crippen molar-refractivity contribution in [1.29, 1.82) is 0 Å². The first kappa shape index (κ1) is 16.9. The first-order valence-corrected chi connectivity index (χ1v) is 8.47. The van der Waals surface area contributed by atoms with E-state index >= 15 is 0 Å². The molecule has 0 radical (unpaired) electrons. The number of hydrogen-bond acceptors (Lipinski definition) is 6. The van der Waals surface area contributed by atoms with E-state index in [9.17, 15) is 0 Å². The molecule has 0 spiro atoms. The lowest BCUT2D eigenvalue weighted by Crippen LogP contribution is -2.44. The Morgan fingerprint density at radius 2 is 1.96 bits per heavy atom. The molecule has 0 N–H and O–H groups in total. The minimum absolute atomic E-state index is 0.261. The molecule has 0 amide bonds. The number of rotatable bonds is 6. The molecule has 1 saturated heterocycles. The van der Waals surface area contributed by atoms with E-state index in [1.54, 1.807) is 6.20 Å². The van der Waals surface area contributed by atoms with Crippen LogP contribution >= 0.6 is 0 Å². The summed E-state index contributed by atoms with van der Waals surface area (Å²) in [7, 11) is 0. The maximum absolute atomic E-state index is 5.76. The zero-order valence-electron chi connectivity index (χ0n) is 14.6. The fourth-order valence-corrected chi connectivity index (χ4v) is 3.05. The summed E-state index contributed by atoms with van der Waals surface area (Å²) in [4.78, 5) is 6.76. The fraction of sp³-hybridized carbons (Fsp3) is 0.588. The number of aromatic nitrogens is 4. The molecule has 2 aromatic heterocycles. The first-order valence-electron chi connectivity index (χ1n) is 8.47. The maximum Gasteiger partial charge on any atom is 0.137 e. The third-order valence-electron chi connectivity index (χ3n) is 3.90. The molecule has 2 atom stereocenters. The van der Waals surface area contributed by atoms with Gasteiger partial charge in [-0.05, 0) is 32.9 Å². The summed E-state index contributed by atoms with van der Waals surface area (Å²) in [5.74, 6) is 0.788. The van der Waals surface area contributed by atoms with E-state index < -0.39 is 0 Å². The summed E-state index contributed by atoms with van der Waals surface area (Å²) in [6.07, 6.45) is 4.25. The lowest BCUT2D eigenvalue weighted by Gasteiger charge is -2.34. The monoisotopic (exact) mass is 331 g/mol. The number of ether oxygens (including phenoxy) is 2. The molecule has 3 heterocycles. The third kappa shape index (κ3) is 4.52. The van der Waals surface area contributed by atoms with Crippen molar-refractivity contribution >= 4 is 0 Å². The van der Waals surface area contributed by atoms with Gasteiger partial charge >= 0.3 is 0 Å². The Morgan fingerprint density at radius 3 is 2.62 bits per heavy atom. The third-order valence-corrected chi connectivity index (χ3v) is 3.90. The molecule has 0 aromatic carbocycles. The topological polar surface area (TPSA) is 65.3 Å². The van der Waals surface area contributed by atoms with Crippen LogP contribution in [0.25, 0.3) is 0 Å². The van der Waals surface area contributed by atoms with Crippen LogP contribution in [0.1, 0.15) is 32.2 Å². The highest BCUT2D eigenvalue weighted by molar-refractivity contribution is 5.19. The van der Waals surface area contributed by atoms with Gasteiger partial charge in [0.15, 0.2) is 0 Å². The molecule has 7 heteroatoms. The Labute approximate surface area is 142 Å². The zero-order chi connectivity index (χ0) is 16.9. The van der Waals surface area contributed by atoms with Crippen molar-refractivity contribution in [3.05, 3.63) is 35.9 Å². The van der Waals surface area contributed by atoms with Gasteiger partial charge in [-0.3, -0.25) is 9.88 Å². The molecular formula is C17H25N5O2. The van der Waals surface area contributed by atoms with Gasteiger partial charge in [-0.25, -0.2) is 4.68 Å². The second kappa shape index (κ2) is 7.72. The Kier molecular flexibility index (Phi) is 5.42. The van der Waals surface area contributed by atoms with E-state index in [-0.39, 0.29) is 12.2 Å². The van der Waals surface area contributed by atoms with Gasteiger partial charge in [-0.15, -0.1) is 5.10 Å². The lowest BCUT2D eigenvalue weighted by atomic mass is 10.2. The summed E-state index contributed by atoms with van der Waals surface area (Å²) in [6.45, 7) is 10.1. The standard InChI is InChI=1S/C17H25N5O2/c1-4-23-17-6-5-15(18-7-17)11-22-12-16(19-20-22)10-21-8-13(2)24-14(3)9-21/h5-7,12-14H,4,8-11H2,1-3H3/t13-,14+. The average Bonchev–Trinajstić information content (AvgIpc) is 2.95. The second-order valence-corrected chi connectivity index (χ2v) is 6.28. The van der Waals surface area contributed by atoms with Crippen LogP contribution in [0.2, 0.25) is 0 Å². The minimum Gasteiger partial charge on any atom is -0.492 e. The van der Waals surface area contributed by atoms with Crippen LogP contribution in [0.15, 0.2) is 24.5 Å². The van der Waals surface area contributed by atoms with Crippen molar-refractivity contribution in [2.24, 2.45) is 0 Å². The second-order valence-electron chi connectivity index (χ2n) is 6.28. The van der Waals surface area contributed by atoms with E-state index in [2.05, 4.69) is 34.0 Å². The van der Waals surface area contributed by atoms with Crippen molar-refractivity contribution in [3.63, 3.8) is 0 Å². The molecular weight excluding hydrogens is 306 g/mol. The van der Waals surface area contributed by atoms with Crippen LogP contribution < -0.4 is 4.74 Å². The number of morpholine rings is 1. The maximum atomic E-state index is 5.76. The largest absolute Gasteiger partial charge is 0.492 e. The lowest BCUT2D eigenvalue weighted by molar-refractivity contribution is -0.0707. The van der Waals surface area contributed by atoms with E-state index in [1.807, 2.05) is 29.9 Å². The van der Waals surface area contributed by atoms with Gasteiger partial charge < -0.3 is 9.47 Å². The highest BCUT2D eigenvalue weighted by Gasteiger charge is 2.22. The molecule has 24 heavy (non-hydrogen) atoms. The first-order chi connectivity index (χ1) is 11.6. The summed E-state index contributed by atoms with van der Waals surface area (Å²) in [6, 6.07) is 3.89. The molecule has 3 rings (SSSR count). The van der Waals surface area contributed by atoms with Gasteiger partial charge in [0.2, 0.25) is 0 Å². The number of hydrogen-bond donors (Lipinski definition) is 0. The predicted octanol–water partition coefficient (Wildman–Crippen LogP) is 1.73. The van der Waals surface area contributed by atoms with Gasteiger partial charge in [0.25, 0.3) is 0 Å². The van der Waals surface area contributed by atoms with Gasteiger partial charge in [0, 0.05) is 19.6 Å². The molecule has 1 aliphatic rings. The van der Waals surface area contributed by atoms with Gasteiger partial charge in [0.1, 0.15) is 5.75 Å². The normalized spacial score (nSPS) is 21.8. The Balaban J connectivity index is 1.57. The van der Waals surface area contributed by atoms with Crippen molar-refractivity contribution in [1.82, 2.24) is 24.9 Å². The van der Waals surface area contributed by atoms with Crippen LogP contribution in [0.4, 0.5) is 0 Å². The summed E-state index contributed by atoms with van der Waals surface area (Å²) in [5, 5.41) is 8.49. The molecule has 0 aliphatic carbocycles. The molecule has 1 fully saturated rings. The molecule has 1 aliphatic heterocycles. The SMILES string of the molecule is CCOc1ccc(Cn2cc(CN3C[C@@H](C)O[C@@H](C)C3)nn2)nc1. The zero-order valence-corrected chi connectivity index (χ0v) is 14.6. The molecule has 0 unspecified atom stereocenters. The van der Waals surface area contributed by atoms with E-state index in [0.29, 0.717) is 13.2 Å². The Bertz CT molecular complexity index is 633. The van der Waals surface area contributed by atoms with E-state index in [1.165, 1.54) is 0 Å². The average molecular weight is 331 g/mol. The minimum atomic E-state index is 0.261. The quantitative estimate of drug-likeness (QED) is 0.803. The summed E-state index contributed by atoms with van der Waals surface area (Å²) in [5.41, 5.74) is 1.91. The van der Waals surface area contributed by atoms with Crippen LogP contribution in [0.3, 0.4) is 0 Å². The molecule has 130 valence electrons. The summed E-state index contributed by atoms with van der Waals surface area (Å²) >= 11 is 0. The molecule has 0 bridgehead atoms. The van der Waals surface area contributed by atoms with Crippen molar-refractivity contribution < 1.29 is 9.47 Å². The summed E-state index contributed by atoms with van der Waals surface area (Å²) < 4.78 is 13.0. The van der Waals surface area contributed by atoms with Crippen LogP contribution in [0, 0.1) is 0 Å². The van der Waals surface area contributed by atoms with Crippen LogP contribution in [-0.2, 0) is 17.8 Å². The van der Waals surface area contributed by atoms with E-state index in [0.717, 1.165) is 36.8 Å². The highest BCUT2D eigenvalue weighted by Crippen LogP contribution is 2.13. The molecule has 2 aromatic rings. The van der Waals surface area contributed by atoms with Crippen LogP contribution in [-0.4, -0.2) is 56.8 Å². The predicted molar refractivity (Wildman–Crippen MR) is 89.8 cm³/mol. The van der Waals surface area contributed by atoms with E-state index in [4.69, 9.17) is 9.47 Å². The van der Waals surface area contributed by atoms with Crippen LogP contribution in [0.5, 0.6) is 5.75 Å². The fourth-order valence-electron chi connectivity index (χ4n) is 3.05. The number of nitrogens with zero attached hydrogens (tertiary/aromatic N) is 5. The van der Waals surface area contributed by atoms with Crippen molar-refractivity contribution in [2.75, 3.05) is 19.7 Å². The highest BCUT2D eigenvalue weighted by atomic mass is 16.5. The number of pyridine rings is 1. The molecule has 0 saturated carbocycles. The smallest absolute Gasteiger partial charge is 0.137 e. The van der Waals surface area contributed by atoms with Gasteiger partial charge in [0.05, 0.1) is 49.1 Å². The Morgan fingerprint density at radius 1 is 1.17 bits per heavy atom. The van der Waals surface area contributed by atoms with Gasteiger partial charge in [-0.1, -0.05) is 5.21 Å². The van der Waals surface area contributed by atoms with Gasteiger partial charge in [-0.2, -0.15) is 0 Å². The van der Waals surface area contributed by atoms with Crippen molar-refractivity contribution in [2.45, 2.75) is 46.1 Å². The van der Waals surface area contributed by atoms with Crippen molar-refractivity contribution in [3.8, 4) is 5.75 Å². The molecule has 7 nitrogen and oxygen atoms in total. The Hall–Kier alpha value is -1.99.